The van der Waals surface area contributed by atoms with Crippen molar-refractivity contribution in [2.75, 3.05) is 13.7 Å². The van der Waals surface area contributed by atoms with Gasteiger partial charge in [-0.2, -0.15) is 13.2 Å². The predicted molar refractivity (Wildman–Crippen MR) is 75.3 cm³/mol. The molecule has 0 unspecified atom stereocenters. The molecule has 1 aliphatic rings. The Morgan fingerprint density at radius 1 is 1.50 bits per heavy atom. The van der Waals surface area contributed by atoms with Gasteiger partial charge < -0.3 is 10.5 Å². The van der Waals surface area contributed by atoms with Crippen molar-refractivity contribution in [3.05, 3.63) is 34.3 Å². The van der Waals surface area contributed by atoms with Crippen molar-refractivity contribution >= 4 is 17.5 Å². The number of alkyl halides is 3. The third-order valence-electron chi connectivity index (χ3n) is 3.77. The number of carbonyl (C=O) groups excluding carboxylic acids is 1. The van der Waals surface area contributed by atoms with Gasteiger partial charge in [-0.1, -0.05) is 11.6 Å². The lowest BCUT2D eigenvalue weighted by molar-refractivity contribution is -0.137. The minimum Gasteiger partial charge on any atom is -0.380 e. The number of hydrogen-bond acceptors (Lipinski definition) is 3. The van der Waals surface area contributed by atoms with Crippen molar-refractivity contribution in [1.29, 1.82) is 0 Å². The highest BCUT2D eigenvalue weighted by Crippen LogP contribution is 2.33. The highest BCUT2D eigenvalue weighted by molar-refractivity contribution is 6.31. The van der Waals surface area contributed by atoms with Crippen molar-refractivity contribution in [3.63, 3.8) is 0 Å². The van der Waals surface area contributed by atoms with Gasteiger partial charge in [-0.05, 0) is 30.2 Å². The van der Waals surface area contributed by atoms with Crippen LogP contribution in [0.1, 0.15) is 17.5 Å². The molecule has 0 bridgehead atoms. The van der Waals surface area contributed by atoms with E-state index in [-0.39, 0.29) is 17.7 Å². The molecule has 8 heteroatoms. The molecular formula is C14H16ClF3N2O2. The third-order valence-corrected chi connectivity index (χ3v) is 4.14. The van der Waals surface area contributed by atoms with Gasteiger partial charge in [0, 0.05) is 25.2 Å². The monoisotopic (exact) mass is 336 g/mol. The molecule has 0 spiro atoms. The molecule has 0 radical (unpaired) electrons. The molecule has 22 heavy (non-hydrogen) atoms. The Balaban J connectivity index is 2.24. The average Bonchev–Trinajstić information content (AvgIpc) is 2.83. The predicted octanol–water partition coefficient (Wildman–Crippen LogP) is 2.43. The van der Waals surface area contributed by atoms with E-state index in [4.69, 9.17) is 22.1 Å². The zero-order valence-corrected chi connectivity index (χ0v) is 12.6. The zero-order valence-electron chi connectivity index (χ0n) is 11.9. The number of methoxy groups -OCH3 is 1. The number of hydrogen-bond donors (Lipinski definition) is 1. The number of benzene rings is 1. The van der Waals surface area contributed by atoms with Crippen LogP contribution in [-0.4, -0.2) is 36.6 Å². The number of halogens is 4. The van der Waals surface area contributed by atoms with Gasteiger partial charge in [0.1, 0.15) is 0 Å². The van der Waals surface area contributed by atoms with E-state index in [1.807, 2.05) is 0 Å². The molecule has 1 heterocycles. The fourth-order valence-corrected chi connectivity index (χ4v) is 2.77. The number of ether oxygens (including phenoxy) is 1. The second-order valence-electron chi connectivity index (χ2n) is 5.24. The van der Waals surface area contributed by atoms with Gasteiger partial charge in [-0.3, -0.25) is 9.69 Å². The van der Waals surface area contributed by atoms with Crippen LogP contribution in [0.2, 0.25) is 5.02 Å². The van der Waals surface area contributed by atoms with Gasteiger partial charge >= 0.3 is 6.18 Å². The maximum Gasteiger partial charge on any atom is 0.416 e. The number of rotatable bonds is 4. The van der Waals surface area contributed by atoms with E-state index < -0.39 is 23.7 Å². The van der Waals surface area contributed by atoms with Crippen molar-refractivity contribution in [1.82, 2.24) is 4.90 Å². The van der Waals surface area contributed by atoms with Gasteiger partial charge in [0.05, 0.1) is 17.7 Å². The Kier molecular flexibility index (Phi) is 4.99. The molecular weight excluding hydrogens is 321 g/mol. The molecule has 0 aliphatic carbocycles. The lowest BCUT2D eigenvalue weighted by atomic mass is 10.1. The standard InChI is InChI=1S/C14H16ClF3N2O2/c1-22-10-5-12(13(19)21)20(7-10)6-8-4-9(14(16,17)18)2-3-11(8)15/h2-4,10,12H,5-7H2,1H3,(H2,19,21)/t10-,12-/m0/s1. The minimum atomic E-state index is -4.44. The second kappa shape index (κ2) is 6.44. The van der Waals surface area contributed by atoms with Crippen LogP contribution in [0.4, 0.5) is 13.2 Å². The molecule has 122 valence electrons. The smallest absolute Gasteiger partial charge is 0.380 e. The van der Waals surface area contributed by atoms with E-state index in [1.165, 1.54) is 13.2 Å². The number of likely N-dealkylation sites (tertiary alicyclic amines) is 1. The summed E-state index contributed by atoms with van der Waals surface area (Å²) in [5, 5.41) is 0.220. The first-order chi connectivity index (χ1) is 10.2. The Morgan fingerprint density at radius 2 is 2.18 bits per heavy atom. The van der Waals surface area contributed by atoms with Crippen LogP contribution >= 0.6 is 11.6 Å². The molecule has 2 atom stereocenters. The van der Waals surface area contributed by atoms with Gasteiger partial charge in [0.25, 0.3) is 0 Å². The molecule has 2 rings (SSSR count). The third kappa shape index (κ3) is 3.71. The van der Waals surface area contributed by atoms with Crippen molar-refractivity contribution in [2.24, 2.45) is 5.73 Å². The summed E-state index contributed by atoms with van der Waals surface area (Å²) in [6.45, 7) is 0.521. The number of carbonyl (C=O) groups is 1. The SMILES string of the molecule is CO[C@H]1C[C@@H](C(N)=O)N(Cc2cc(C(F)(F)F)ccc2Cl)C1. The van der Waals surface area contributed by atoms with E-state index in [1.54, 1.807) is 4.90 Å². The lowest BCUT2D eigenvalue weighted by Gasteiger charge is -2.22. The summed E-state index contributed by atoms with van der Waals surface area (Å²) in [6, 6.07) is 2.57. The maximum atomic E-state index is 12.8. The summed E-state index contributed by atoms with van der Waals surface area (Å²) in [7, 11) is 1.52. The van der Waals surface area contributed by atoms with Crippen molar-refractivity contribution in [2.45, 2.75) is 31.3 Å². The van der Waals surface area contributed by atoms with Crippen LogP contribution in [0, 0.1) is 0 Å². The summed E-state index contributed by atoms with van der Waals surface area (Å²) in [5.74, 6) is -0.525. The van der Waals surface area contributed by atoms with Gasteiger partial charge in [-0.15, -0.1) is 0 Å². The average molecular weight is 337 g/mol. The first-order valence-electron chi connectivity index (χ1n) is 6.64. The lowest BCUT2D eigenvalue weighted by Crippen LogP contribution is -2.39. The fourth-order valence-electron chi connectivity index (χ4n) is 2.59. The van der Waals surface area contributed by atoms with E-state index in [2.05, 4.69) is 0 Å². The molecule has 4 nitrogen and oxygen atoms in total. The van der Waals surface area contributed by atoms with E-state index >= 15 is 0 Å². The largest absolute Gasteiger partial charge is 0.416 e. The normalized spacial score (nSPS) is 23.0. The van der Waals surface area contributed by atoms with Gasteiger partial charge in [-0.25, -0.2) is 0 Å². The van der Waals surface area contributed by atoms with Crippen LogP contribution in [0.25, 0.3) is 0 Å². The molecule has 2 N–H and O–H groups in total. The molecule has 1 fully saturated rings. The van der Waals surface area contributed by atoms with Crippen LogP contribution in [0.3, 0.4) is 0 Å². The Hall–Kier alpha value is -1.31. The van der Waals surface area contributed by atoms with E-state index in [0.717, 1.165) is 12.1 Å². The van der Waals surface area contributed by atoms with Crippen LogP contribution < -0.4 is 5.73 Å². The van der Waals surface area contributed by atoms with Crippen molar-refractivity contribution < 1.29 is 22.7 Å². The van der Waals surface area contributed by atoms with Gasteiger partial charge in [0.15, 0.2) is 0 Å². The van der Waals surface area contributed by atoms with Crippen LogP contribution in [-0.2, 0) is 22.3 Å². The Morgan fingerprint density at radius 3 is 2.73 bits per heavy atom. The Bertz CT molecular complexity index is 566. The summed E-state index contributed by atoms with van der Waals surface area (Å²) < 4.78 is 43.6. The molecule has 1 aromatic carbocycles. The summed E-state index contributed by atoms with van der Waals surface area (Å²) >= 11 is 5.98. The fraction of sp³-hybridized carbons (Fsp3) is 0.500. The molecule has 1 aliphatic heterocycles. The second-order valence-corrected chi connectivity index (χ2v) is 5.65. The van der Waals surface area contributed by atoms with Crippen LogP contribution in [0.15, 0.2) is 18.2 Å². The molecule has 1 amide bonds. The van der Waals surface area contributed by atoms with Gasteiger partial charge in [0.2, 0.25) is 5.91 Å². The molecule has 1 aromatic rings. The highest BCUT2D eigenvalue weighted by Gasteiger charge is 2.36. The summed E-state index contributed by atoms with van der Waals surface area (Å²) in [5.41, 5.74) is 4.88. The summed E-state index contributed by atoms with van der Waals surface area (Å²) in [4.78, 5) is 13.2. The van der Waals surface area contributed by atoms with Crippen molar-refractivity contribution in [3.8, 4) is 0 Å². The maximum absolute atomic E-state index is 12.8. The first kappa shape index (κ1) is 17.1. The number of amides is 1. The number of primary amides is 1. The number of nitrogens with zero attached hydrogens (tertiary/aromatic N) is 1. The Labute approximate surface area is 131 Å². The molecule has 0 aromatic heterocycles. The zero-order chi connectivity index (χ0) is 16.5. The minimum absolute atomic E-state index is 0.107. The van der Waals surface area contributed by atoms with E-state index in [9.17, 15) is 18.0 Å². The topological polar surface area (TPSA) is 55.6 Å². The molecule has 1 saturated heterocycles. The van der Waals surface area contributed by atoms with Crippen LogP contribution in [0.5, 0.6) is 0 Å². The summed E-state index contributed by atoms with van der Waals surface area (Å²) in [6.07, 6.45) is -4.20. The molecule has 0 saturated carbocycles. The number of nitrogens with two attached hydrogens (primary N) is 1. The first-order valence-corrected chi connectivity index (χ1v) is 7.02. The highest BCUT2D eigenvalue weighted by atomic mass is 35.5. The van der Waals surface area contributed by atoms with E-state index in [0.29, 0.717) is 18.5 Å². The quantitative estimate of drug-likeness (QED) is 0.918.